The summed E-state index contributed by atoms with van der Waals surface area (Å²) < 4.78 is 34.6. The molecule has 0 aliphatic rings. The average molecular weight is 959 g/mol. The van der Waals surface area contributed by atoms with Crippen LogP contribution in [0.25, 0.3) is 0 Å². The van der Waals surface area contributed by atoms with E-state index < -0.39 is 26.5 Å². The Bertz CT molecular complexity index is 1080. The summed E-state index contributed by atoms with van der Waals surface area (Å²) in [7, 11) is 1.50. The van der Waals surface area contributed by atoms with Crippen molar-refractivity contribution in [3.05, 3.63) is 0 Å². The first-order valence-electron chi connectivity index (χ1n) is 28.8. The second-order valence-electron chi connectivity index (χ2n) is 21.0. The van der Waals surface area contributed by atoms with Gasteiger partial charge in [-0.15, -0.1) is 0 Å². The fraction of sp³-hybridized carbons (Fsp3) is 0.964. The molecule has 0 amide bonds. The summed E-state index contributed by atoms with van der Waals surface area (Å²) in [4.78, 5) is 35.7. The van der Waals surface area contributed by atoms with Gasteiger partial charge in [0, 0.05) is 12.8 Å². The maximum absolute atomic E-state index is 12.8. The maximum Gasteiger partial charge on any atom is 0.472 e. The Morgan fingerprint density at radius 3 is 0.970 bits per heavy atom. The van der Waals surface area contributed by atoms with E-state index in [1.54, 1.807) is 0 Å². The van der Waals surface area contributed by atoms with E-state index >= 15 is 0 Å². The zero-order chi connectivity index (χ0) is 48.5. The van der Waals surface area contributed by atoms with Gasteiger partial charge in [-0.25, -0.2) is 4.57 Å². The van der Waals surface area contributed by atoms with Crippen molar-refractivity contribution in [2.45, 2.75) is 302 Å². The first kappa shape index (κ1) is 65.0. The molecule has 0 aliphatic carbocycles. The number of ether oxygens (including phenoxy) is 2. The number of unbranched alkanes of at least 4 members (excludes halogenated alkanes) is 40. The number of carbonyl (C=O) groups is 2. The molecular weight excluding hydrogens is 846 g/mol. The molecule has 2 atom stereocenters. The molecule has 0 bridgehead atoms. The third kappa shape index (κ3) is 52.4. The Hall–Kier alpha value is -0.990. The Kier molecular flexibility index (Phi) is 48.3. The number of likely N-dealkylation sites (N-methyl/N-ethyl adjacent to an activating group) is 1. The quantitative estimate of drug-likeness (QED) is 0.0278. The van der Waals surface area contributed by atoms with Gasteiger partial charge in [-0.2, -0.15) is 0 Å². The van der Waals surface area contributed by atoms with Gasteiger partial charge in [-0.3, -0.25) is 18.6 Å². The highest BCUT2D eigenvalue weighted by Gasteiger charge is 2.27. The molecule has 0 radical (unpaired) electrons. The SMILES string of the molecule is CCCCCCCCCCCCCCCCCCCCCCCCCC(=O)OCC(COP(=O)(O)OCC[N+](C)(C)C)OC(=O)CCCCCCCCCCCCCCCCCCCCC. The molecule has 394 valence electrons. The predicted octanol–water partition coefficient (Wildman–Crippen LogP) is 17.5. The fourth-order valence-corrected chi connectivity index (χ4v) is 9.41. The summed E-state index contributed by atoms with van der Waals surface area (Å²) >= 11 is 0. The van der Waals surface area contributed by atoms with Crippen LogP contribution in [-0.4, -0.2) is 74.9 Å². The van der Waals surface area contributed by atoms with Crippen LogP contribution in [0.3, 0.4) is 0 Å². The molecule has 0 fully saturated rings. The van der Waals surface area contributed by atoms with E-state index in [0.717, 1.165) is 38.5 Å². The molecule has 0 heterocycles. The van der Waals surface area contributed by atoms with Crippen molar-refractivity contribution < 1.29 is 42.1 Å². The number of rotatable bonds is 54. The fourth-order valence-electron chi connectivity index (χ4n) is 8.67. The zero-order valence-corrected chi connectivity index (χ0v) is 45.6. The summed E-state index contributed by atoms with van der Waals surface area (Å²) in [6.07, 6.45) is 54.5. The third-order valence-corrected chi connectivity index (χ3v) is 14.1. The molecule has 0 aromatic heterocycles. The van der Waals surface area contributed by atoms with Gasteiger partial charge in [0.25, 0.3) is 0 Å². The minimum Gasteiger partial charge on any atom is -0.462 e. The number of hydrogen-bond acceptors (Lipinski definition) is 7. The highest BCUT2D eigenvalue weighted by molar-refractivity contribution is 7.47. The summed E-state index contributed by atoms with van der Waals surface area (Å²) in [6.45, 7) is 4.51. The third-order valence-electron chi connectivity index (χ3n) is 13.1. The normalized spacial score (nSPS) is 13.2. The molecule has 0 aromatic rings. The molecule has 0 aliphatic heterocycles. The van der Waals surface area contributed by atoms with E-state index in [1.165, 1.54) is 231 Å². The van der Waals surface area contributed by atoms with Crippen LogP contribution in [0.4, 0.5) is 0 Å². The first-order chi connectivity index (χ1) is 32.0. The molecule has 2 unspecified atom stereocenters. The molecule has 66 heavy (non-hydrogen) atoms. The highest BCUT2D eigenvalue weighted by atomic mass is 31.2. The number of nitrogens with zero attached hydrogens (tertiary/aromatic N) is 1. The van der Waals surface area contributed by atoms with Crippen molar-refractivity contribution in [2.75, 3.05) is 47.5 Å². The van der Waals surface area contributed by atoms with Crippen LogP contribution in [0.1, 0.15) is 296 Å². The average Bonchev–Trinajstić information content (AvgIpc) is 3.27. The molecule has 0 rings (SSSR count). The number of esters is 2. The van der Waals surface area contributed by atoms with Crippen LogP contribution in [0.5, 0.6) is 0 Å². The molecular formula is C56H113NO8P+. The Morgan fingerprint density at radius 1 is 0.409 bits per heavy atom. The highest BCUT2D eigenvalue weighted by Crippen LogP contribution is 2.43. The van der Waals surface area contributed by atoms with E-state index in [1.807, 2.05) is 21.1 Å². The van der Waals surface area contributed by atoms with Crippen LogP contribution >= 0.6 is 7.82 Å². The van der Waals surface area contributed by atoms with Crippen molar-refractivity contribution in [3.8, 4) is 0 Å². The number of phosphoric ester groups is 1. The van der Waals surface area contributed by atoms with Gasteiger partial charge in [0.2, 0.25) is 0 Å². The molecule has 0 saturated carbocycles. The van der Waals surface area contributed by atoms with Crippen LogP contribution in [-0.2, 0) is 32.7 Å². The maximum atomic E-state index is 12.8. The number of carbonyl (C=O) groups excluding carboxylic acids is 2. The van der Waals surface area contributed by atoms with Crippen molar-refractivity contribution in [3.63, 3.8) is 0 Å². The van der Waals surface area contributed by atoms with E-state index in [2.05, 4.69) is 13.8 Å². The Balaban J connectivity index is 4.11. The van der Waals surface area contributed by atoms with Crippen LogP contribution in [0.15, 0.2) is 0 Å². The van der Waals surface area contributed by atoms with Crippen LogP contribution < -0.4 is 0 Å². The lowest BCUT2D eigenvalue weighted by molar-refractivity contribution is -0.870. The van der Waals surface area contributed by atoms with Crippen molar-refractivity contribution in [2.24, 2.45) is 0 Å². The van der Waals surface area contributed by atoms with E-state index in [0.29, 0.717) is 17.4 Å². The second-order valence-corrected chi connectivity index (χ2v) is 22.5. The van der Waals surface area contributed by atoms with E-state index in [4.69, 9.17) is 18.5 Å². The van der Waals surface area contributed by atoms with Gasteiger partial charge in [0.1, 0.15) is 19.8 Å². The minimum atomic E-state index is -4.38. The molecule has 1 N–H and O–H groups in total. The topological polar surface area (TPSA) is 108 Å². The monoisotopic (exact) mass is 959 g/mol. The molecule has 9 nitrogen and oxygen atoms in total. The van der Waals surface area contributed by atoms with Gasteiger partial charge in [0.05, 0.1) is 27.7 Å². The standard InChI is InChI=1S/C56H112NO8P/c1-6-8-10-12-14-16-18-20-22-24-26-27-28-29-31-32-34-36-38-40-42-44-46-48-55(58)62-52-54(53-64-66(60,61)63-51-50-57(3,4)5)65-56(59)49-47-45-43-41-39-37-35-33-30-25-23-21-19-17-15-13-11-9-7-2/h54H,6-53H2,1-5H3/p+1. The predicted molar refractivity (Wildman–Crippen MR) is 280 cm³/mol. The van der Waals surface area contributed by atoms with Crippen LogP contribution in [0, 0.1) is 0 Å². The van der Waals surface area contributed by atoms with Gasteiger partial charge >= 0.3 is 19.8 Å². The van der Waals surface area contributed by atoms with Gasteiger partial charge in [-0.05, 0) is 12.8 Å². The first-order valence-corrected chi connectivity index (χ1v) is 30.3. The molecule has 0 spiro atoms. The van der Waals surface area contributed by atoms with Crippen molar-refractivity contribution in [1.82, 2.24) is 0 Å². The van der Waals surface area contributed by atoms with E-state index in [9.17, 15) is 19.0 Å². The lowest BCUT2D eigenvalue weighted by atomic mass is 10.0. The van der Waals surface area contributed by atoms with Crippen LogP contribution in [0.2, 0.25) is 0 Å². The largest absolute Gasteiger partial charge is 0.472 e. The summed E-state index contributed by atoms with van der Waals surface area (Å²) in [5.74, 6) is -0.773. The van der Waals surface area contributed by atoms with Gasteiger partial charge in [0.15, 0.2) is 6.10 Å². The molecule has 0 saturated heterocycles. The Morgan fingerprint density at radius 2 is 0.682 bits per heavy atom. The minimum absolute atomic E-state index is 0.0374. The van der Waals surface area contributed by atoms with Crippen molar-refractivity contribution in [1.29, 1.82) is 0 Å². The number of quaternary nitrogens is 1. The Labute approximate surface area is 410 Å². The summed E-state index contributed by atoms with van der Waals surface area (Å²) in [5.41, 5.74) is 0. The summed E-state index contributed by atoms with van der Waals surface area (Å²) in [6, 6.07) is 0. The summed E-state index contributed by atoms with van der Waals surface area (Å²) in [5, 5.41) is 0. The van der Waals surface area contributed by atoms with Gasteiger partial charge < -0.3 is 18.9 Å². The molecule has 0 aromatic carbocycles. The van der Waals surface area contributed by atoms with Crippen molar-refractivity contribution >= 4 is 19.8 Å². The zero-order valence-electron chi connectivity index (χ0n) is 44.7. The van der Waals surface area contributed by atoms with E-state index in [-0.39, 0.29) is 25.6 Å². The number of hydrogen-bond donors (Lipinski definition) is 1. The lowest BCUT2D eigenvalue weighted by Gasteiger charge is -2.24. The smallest absolute Gasteiger partial charge is 0.462 e. The second kappa shape index (κ2) is 49.0. The van der Waals surface area contributed by atoms with Gasteiger partial charge in [-0.1, -0.05) is 271 Å². The molecule has 10 heteroatoms. The number of phosphoric acid groups is 1. The lowest BCUT2D eigenvalue weighted by Crippen LogP contribution is -2.37.